The molecule has 0 bridgehead atoms. The summed E-state index contributed by atoms with van der Waals surface area (Å²) in [5.41, 5.74) is 2.08. The van der Waals surface area contributed by atoms with Crippen LogP contribution < -0.4 is 16.3 Å². The lowest BCUT2D eigenvalue weighted by Gasteiger charge is -2.36. The first-order valence-electron chi connectivity index (χ1n) is 11.3. The van der Waals surface area contributed by atoms with Gasteiger partial charge in [-0.3, -0.25) is 28.8 Å². The van der Waals surface area contributed by atoms with Crippen molar-refractivity contribution in [3.8, 4) is 0 Å². The first-order chi connectivity index (χ1) is 15.3. The van der Waals surface area contributed by atoms with Crippen molar-refractivity contribution in [3.05, 3.63) is 34.2 Å². The van der Waals surface area contributed by atoms with Crippen molar-refractivity contribution in [1.29, 1.82) is 0 Å². The molecule has 3 heterocycles. The Hall–Kier alpha value is -2.94. The summed E-state index contributed by atoms with van der Waals surface area (Å²) in [6.45, 7) is 1.71. The fourth-order valence-corrected chi connectivity index (χ4v) is 5.25. The van der Waals surface area contributed by atoms with Gasteiger partial charge in [0.25, 0.3) is 0 Å². The first-order valence-corrected chi connectivity index (χ1v) is 11.3. The summed E-state index contributed by atoms with van der Waals surface area (Å²) in [5.74, 6) is -1.49. The van der Waals surface area contributed by atoms with Crippen LogP contribution in [0.5, 0.6) is 0 Å². The Bertz CT molecular complexity index is 1110. The van der Waals surface area contributed by atoms with Gasteiger partial charge in [0.15, 0.2) is 0 Å². The number of nitrogens with zero attached hydrogens (tertiary/aromatic N) is 2. The standard InChI is InChI=1S/C23H30N4O5/c1-26-18-13-15(3-2-8-23(14-20(29)30)9-11-24-12-10-23)4-5-16(18)27(22(26)32)17-6-7-19(28)25-21(17)31/h4-5,13,17,24H,2-3,6-12,14H2,1H3,(H,29,30)(H,25,28,31). The van der Waals surface area contributed by atoms with E-state index in [4.69, 9.17) is 0 Å². The molecule has 2 aromatic rings. The van der Waals surface area contributed by atoms with Gasteiger partial charge in [-0.1, -0.05) is 6.07 Å². The number of nitrogens with one attached hydrogen (secondary N) is 2. The Morgan fingerprint density at radius 3 is 2.62 bits per heavy atom. The molecule has 2 saturated heterocycles. The van der Waals surface area contributed by atoms with Gasteiger partial charge in [0.05, 0.1) is 17.5 Å². The Kier molecular flexibility index (Phi) is 6.19. The van der Waals surface area contributed by atoms with Crippen molar-refractivity contribution in [2.45, 2.75) is 57.4 Å². The van der Waals surface area contributed by atoms with Crippen LogP contribution in [0.1, 0.15) is 56.6 Å². The third-order valence-corrected chi connectivity index (χ3v) is 7.04. The van der Waals surface area contributed by atoms with Gasteiger partial charge in [0.1, 0.15) is 6.04 Å². The summed E-state index contributed by atoms with van der Waals surface area (Å²) in [7, 11) is 1.69. The molecule has 2 amide bonds. The number of aromatic nitrogens is 2. The molecule has 2 aliphatic rings. The molecule has 2 aliphatic heterocycles. The molecule has 1 atom stereocenters. The van der Waals surface area contributed by atoms with Gasteiger partial charge in [0.2, 0.25) is 11.8 Å². The maximum atomic E-state index is 12.9. The summed E-state index contributed by atoms with van der Waals surface area (Å²) in [6.07, 6.45) is 5.01. The van der Waals surface area contributed by atoms with Crippen LogP contribution in [0.15, 0.2) is 23.0 Å². The molecule has 1 aromatic heterocycles. The van der Waals surface area contributed by atoms with Crippen LogP contribution in [0.3, 0.4) is 0 Å². The van der Waals surface area contributed by atoms with Gasteiger partial charge in [-0.2, -0.15) is 0 Å². The number of hydrogen-bond acceptors (Lipinski definition) is 5. The number of rotatable bonds is 7. The summed E-state index contributed by atoms with van der Waals surface area (Å²) >= 11 is 0. The van der Waals surface area contributed by atoms with Crippen LogP contribution >= 0.6 is 0 Å². The monoisotopic (exact) mass is 442 g/mol. The van der Waals surface area contributed by atoms with E-state index in [1.165, 1.54) is 4.57 Å². The normalized spacial score (nSPS) is 21.0. The van der Waals surface area contributed by atoms with Crippen molar-refractivity contribution in [2.75, 3.05) is 13.1 Å². The fourth-order valence-electron chi connectivity index (χ4n) is 5.25. The maximum Gasteiger partial charge on any atom is 0.329 e. The molecule has 4 rings (SSSR count). The molecule has 0 radical (unpaired) electrons. The summed E-state index contributed by atoms with van der Waals surface area (Å²) in [4.78, 5) is 48.1. The highest BCUT2D eigenvalue weighted by molar-refractivity contribution is 6.00. The number of carbonyl (C=O) groups is 3. The SMILES string of the molecule is Cn1c(=O)n(C2CCC(=O)NC2=O)c2ccc(CCCC3(CC(=O)O)CCNCC3)cc21. The Balaban J connectivity index is 1.52. The lowest BCUT2D eigenvalue weighted by molar-refractivity contribution is -0.140. The second-order valence-corrected chi connectivity index (χ2v) is 9.18. The predicted octanol–water partition coefficient (Wildman–Crippen LogP) is 1.48. The minimum absolute atomic E-state index is 0.150. The van der Waals surface area contributed by atoms with Crippen LogP contribution in [0.4, 0.5) is 0 Å². The molecular formula is C23H30N4O5. The zero-order valence-electron chi connectivity index (χ0n) is 18.4. The number of aliphatic carboxylic acids is 1. The van der Waals surface area contributed by atoms with Crippen LogP contribution in [0.25, 0.3) is 11.0 Å². The minimum Gasteiger partial charge on any atom is -0.481 e. The van der Waals surface area contributed by atoms with Crippen LogP contribution in [-0.2, 0) is 27.9 Å². The van der Waals surface area contributed by atoms with E-state index in [1.54, 1.807) is 11.6 Å². The number of carboxylic acids is 1. The molecule has 9 nitrogen and oxygen atoms in total. The van der Waals surface area contributed by atoms with Crippen LogP contribution in [-0.4, -0.2) is 45.1 Å². The van der Waals surface area contributed by atoms with E-state index in [0.717, 1.165) is 56.3 Å². The maximum absolute atomic E-state index is 12.9. The molecule has 1 aromatic carbocycles. The average molecular weight is 443 g/mol. The highest BCUT2D eigenvalue weighted by Crippen LogP contribution is 2.38. The number of benzene rings is 1. The Morgan fingerprint density at radius 2 is 1.94 bits per heavy atom. The molecule has 0 aliphatic carbocycles. The molecule has 172 valence electrons. The molecule has 0 saturated carbocycles. The quantitative estimate of drug-likeness (QED) is 0.559. The van der Waals surface area contributed by atoms with Crippen molar-refractivity contribution in [3.63, 3.8) is 0 Å². The van der Waals surface area contributed by atoms with Crippen molar-refractivity contribution in [2.24, 2.45) is 12.5 Å². The molecular weight excluding hydrogens is 412 g/mol. The molecule has 0 spiro atoms. The van der Waals surface area contributed by atoms with Gasteiger partial charge in [-0.25, -0.2) is 4.79 Å². The highest BCUT2D eigenvalue weighted by Gasteiger charge is 2.34. The van der Waals surface area contributed by atoms with Gasteiger partial charge in [-0.05, 0) is 74.7 Å². The van der Waals surface area contributed by atoms with E-state index in [9.17, 15) is 24.3 Å². The first kappa shape index (κ1) is 22.3. The third kappa shape index (κ3) is 4.34. The predicted molar refractivity (Wildman–Crippen MR) is 118 cm³/mol. The topological polar surface area (TPSA) is 122 Å². The van der Waals surface area contributed by atoms with E-state index >= 15 is 0 Å². The van der Waals surface area contributed by atoms with Crippen LogP contribution in [0.2, 0.25) is 0 Å². The van der Waals surface area contributed by atoms with E-state index < -0.39 is 17.9 Å². The number of carbonyl (C=O) groups excluding carboxylic acids is 2. The number of fused-ring (bicyclic) bond motifs is 1. The Morgan fingerprint density at radius 1 is 1.19 bits per heavy atom. The summed E-state index contributed by atoms with van der Waals surface area (Å²) in [5, 5.41) is 15.0. The lowest BCUT2D eigenvalue weighted by atomic mass is 9.72. The second kappa shape index (κ2) is 8.90. The number of hydrogen-bond donors (Lipinski definition) is 3. The number of carboxylic acid groups (broad SMARTS) is 1. The smallest absolute Gasteiger partial charge is 0.329 e. The van der Waals surface area contributed by atoms with Crippen LogP contribution in [0, 0.1) is 5.41 Å². The molecule has 2 fully saturated rings. The van der Waals surface area contributed by atoms with E-state index in [-0.39, 0.29) is 29.9 Å². The zero-order valence-corrected chi connectivity index (χ0v) is 18.4. The second-order valence-electron chi connectivity index (χ2n) is 9.18. The fraction of sp³-hybridized carbons (Fsp3) is 0.565. The summed E-state index contributed by atoms with van der Waals surface area (Å²) < 4.78 is 3.03. The average Bonchev–Trinajstić information content (AvgIpc) is 2.99. The van der Waals surface area contributed by atoms with E-state index in [0.29, 0.717) is 11.9 Å². The van der Waals surface area contributed by atoms with Gasteiger partial charge in [-0.15, -0.1) is 0 Å². The van der Waals surface area contributed by atoms with Crippen molar-refractivity contribution >= 4 is 28.8 Å². The largest absolute Gasteiger partial charge is 0.481 e. The van der Waals surface area contributed by atoms with Crippen molar-refractivity contribution in [1.82, 2.24) is 19.8 Å². The third-order valence-electron chi connectivity index (χ3n) is 7.04. The Labute approximate surface area is 185 Å². The number of aryl methyl sites for hydroxylation is 2. The zero-order chi connectivity index (χ0) is 22.9. The molecule has 9 heteroatoms. The number of imide groups is 1. The number of imidazole rings is 1. The molecule has 3 N–H and O–H groups in total. The van der Waals surface area contributed by atoms with Gasteiger partial charge in [0, 0.05) is 13.5 Å². The number of amides is 2. The number of piperidine rings is 2. The van der Waals surface area contributed by atoms with Crippen molar-refractivity contribution < 1.29 is 19.5 Å². The molecule has 1 unspecified atom stereocenters. The minimum atomic E-state index is -0.738. The van der Waals surface area contributed by atoms with Gasteiger partial charge < -0.3 is 10.4 Å². The molecule has 32 heavy (non-hydrogen) atoms. The summed E-state index contributed by atoms with van der Waals surface area (Å²) in [6, 6.07) is 5.13. The van der Waals surface area contributed by atoms with E-state index in [1.807, 2.05) is 18.2 Å². The van der Waals surface area contributed by atoms with Gasteiger partial charge >= 0.3 is 11.7 Å². The highest BCUT2D eigenvalue weighted by atomic mass is 16.4. The van der Waals surface area contributed by atoms with E-state index in [2.05, 4.69) is 10.6 Å². The lowest BCUT2D eigenvalue weighted by Crippen LogP contribution is -2.44.